The SMILES string of the molecule is CC1(CN)CCN(C(=O)c2cnn(-c3ccccc3)c2)C1.Cl. The van der Waals surface area contributed by atoms with Crippen molar-refractivity contribution in [3.05, 3.63) is 48.3 Å². The number of nitrogens with zero attached hydrogens (tertiary/aromatic N) is 3. The average Bonchev–Trinajstić information content (AvgIpc) is 3.15. The smallest absolute Gasteiger partial charge is 0.257 e. The molecular weight excluding hydrogens is 300 g/mol. The number of hydrogen-bond donors (Lipinski definition) is 1. The summed E-state index contributed by atoms with van der Waals surface area (Å²) in [6.07, 6.45) is 4.38. The first kappa shape index (κ1) is 16.5. The predicted molar refractivity (Wildman–Crippen MR) is 88.5 cm³/mol. The van der Waals surface area contributed by atoms with Crippen molar-refractivity contribution in [2.45, 2.75) is 13.3 Å². The standard InChI is InChI=1S/C16H20N4O.ClH/c1-16(11-17)7-8-19(12-16)15(21)13-9-18-20(10-13)14-5-3-2-4-6-14;/h2-6,9-10H,7-8,11-12,17H2,1H3;1H. The summed E-state index contributed by atoms with van der Waals surface area (Å²) in [6.45, 7) is 4.23. The van der Waals surface area contributed by atoms with Gasteiger partial charge in [-0.1, -0.05) is 25.1 Å². The monoisotopic (exact) mass is 320 g/mol. The van der Waals surface area contributed by atoms with Gasteiger partial charge in [0.2, 0.25) is 0 Å². The lowest BCUT2D eigenvalue weighted by Crippen LogP contribution is -2.34. The molecule has 2 aromatic rings. The molecule has 0 saturated carbocycles. The molecule has 0 aliphatic carbocycles. The second kappa shape index (κ2) is 6.50. The number of likely N-dealkylation sites (tertiary alicyclic amines) is 1. The highest BCUT2D eigenvalue weighted by Crippen LogP contribution is 2.29. The van der Waals surface area contributed by atoms with E-state index in [0.717, 1.165) is 25.2 Å². The molecule has 6 heteroatoms. The Morgan fingerprint density at radius 3 is 2.73 bits per heavy atom. The van der Waals surface area contributed by atoms with Crippen molar-refractivity contribution in [2.75, 3.05) is 19.6 Å². The fourth-order valence-electron chi connectivity index (χ4n) is 2.70. The lowest BCUT2D eigenvalue weighted by molar-refractivity contribution is 0.0777. The molecule has 22 heavy (non-hydrogen) atoms. The van der Waals surface area contributed by atoms with Crippen LogP contribution in [0.5, 0.6) is 0 Å². The minimum Gasteiger partial charge on any atom is -0.338 e. The first-order valence-electron chi connectivity index (χ1n) is 7.21. The summed E-state index contributed by atoms with van der Waals surface area (Å²) < 4.78 is 1.73. The van der Waals surface area contributed by atoms with Gasteiger partial charge in [0, 0.05) is 19.3 Å². The van der Waals surface area contributed by atoms with Gasteiger partial charge < -0.3 is 10.6 Å². The van der Waals surface area contributed by atoms with Gasteiger partial charge in [0.1, 0.15) is 0 Å². The molecule has 0 bridgehead atoms. The van der Waals surface area contributed by atoms with Crippen molar-refractivity contribution in [3.8, 4) is 5.69 Å². The van der Waals surface area contributed by atoms with E-state index >= 15 is 0 Å². The number of para-hydroxylation sites is 1. The maximum atomic E-state index is 12.5. The lowest BCUT2D eigenvalue weighted by atomic mass is 9.90. The first-order valence-corrected chi connectivity index (χ1v) is 7.21. The van der Waals surface area contributed by atoms with Gasteiger partial charge in [-0.2, -0.15) is 5.10 Å². The highest BCUT2D eigenvalue weighted by atomic mass is 35.5. The third-order valence-electron chi connectivity index (χ3n) is 4.19. The largest absolute Gasteiger partial charge is 0.338 e. The molecular formula is C16H21ClN4O. The zero-order valence-corrected chi connectivity index (χ0v) is 13.4. The Bertz CT molecular complexity index is 643. The molecule has 1 fully saturated rings. The Morgan fingerprint density at radius 1 is 1.36 bits per heavy atom. The molecule has 0 spiro atoms. The molecule has 5 nitrogen and oxygen atoms in total. The van der Waals surface area contributed by atoms with Crippen LogP contribution in [0, 0.1) is 5.41 Å². The van der Waals surface area contributed by atoms with Gasteiger partial charge in [-0.05, 0) is 30.5 Å². The molecule has 1 aromatic carbocycles. The normalized spacial score (nSPS) is 20.7. The van der Waals surface area contributed by atoms with Crippen LogP contribution >= 0.6 is 12.4 Å². The Kier molecular flexibility index (Phi) is 4.88. The molecule has 1 unspecified atom stereocenters. The first-order chi connectivity index (χ1) is 10.1. The zero-order chi connectivity index (χ0) is 14.9. The van der Waals surface area contributed by atoms with Crippen LogP contribution in [-0.2, 0) is 0 Å². The number of amides is 1. The Labute approximate surface area is 136 Å². The molecule has 1 aliphatic heterocycles. The summed E-state index contributed by atoms with van der Waals surface area (Å²) in [5.74, 6) is 0.0364. The highest BCUT2D eigenvalue weighted by molar-refractivity contribution is 5.94. The average molecular weight is 321 g/mol. The van der Waals surface area contributed by atoms with Crippen molar-refractivity contribution in [1.29, 1.82) is 0 Å². The number of rotatable bonds is 3. The van der Waals surface area contributed by atoms with E-state index in [1.165, 1.54) is 0 Å². The van der Waals surface area contributed by atoms with E-state index in [1.54, 1.807) is 17.1 Å². The van der Waals surface area contributed by atoms with E-state index in [0.29, 0.717) is 12.1 Å². The van der Waals surface area contributed by atoms with E-state index < -0.39 is 0 Å². The van der Waals surface area contributed by atoms with Gasteiger partial charge in [-0.3, -0.25) is 4.79 Å². The number of carbonyl (C=O) groups excluding carboxylic acids is 1. The Morgan fingerprint density at radius 2 is 2.09 bits per heavy atom. The van der Waals surface area contributed by atoms with E-state index in [4.69, 9.17) is 5.73 Å². The second-order valence-electron chi connectivity index (χ2n) is 6.00. The number of benzene rings is 1. The van der Waals surface area contributed by atoms with Gasteiger partial charge in [0.25, 0.3) is 5.91 Å². The molecule has 3 rings (SSSR count). The predicted octanol–water partition coefficient (Wildman–Crippen LogP) is 2.10. The summed E-state index contributed by atoms with van der Waals surface area (Å²) in [6, 6.07) is 9.78. The summed E-state index contributed by atoms with van der Waals surface area (Å²) in [4.78, 5) is 14.4. The maximum absolute atomic E-state index is 12.5. The molecule has 2 N–H and O–H groups in total. The molecule has 118 valence electrons. The zero-order valence-electron chi connectivity index (χ0n) is 12.6. The van der Waals surface area contributed by atoms with Crippen molar-refractivity contribution < 1.29 is 4.79 Å². The minimum absolute atomic E-state index is 0. The molecule has 1 saturated heterocycles. The molecule has 2 heterocycles. The summed E-state index contributed by atoms with van der Waals surface area (Å²) in [5.41, 5.74) is 7.42. The van der Waals surface area contributed by atoms with Gasteiger partial charge in [-0.15, -0.1) is 12.4 Å². The van der Waals surface area contributed by atoms with Crippen molar-refractivity contribution in [2.24, 2.45) is 11.1 Å². The Balaban J connectivity index is 0.00000176. The summed E-state index contributed by atoms with van der Waals surface area (Å²) in [7, 11) is 0. The fourth-order valence-corrected chi connectivity index (χ4v) is 2.70. The van der Waals surface area contributed by atoms with Crippen LogP contribution < -0.4 is 5.73 Å². The van der Waals surface area contributed by atoms with Crippen molar-refractivity contribution in [1.82, 2.24) is 14.7 Å². The molecule has 0 radical (unpaired) electrons. The maximum Gasteiger partial charge on any atom is 0.257 e. The Hall–Kier alpha value is -1.85. The van der Waals surface area contributed by atoms with E-state index in [9.17, 15) is 4.79 Å². The van der Waals surface area contributed by atoms with Crippen molar-refractivity contribution >= 4 is 18.3 Å². The van der Waals surface area contributed by atoms with E-state index in [2.05, 4.69) is 12.0 Å². The molecule has 1 amide bonds. The molecule has 1 atom stereocenters. The summed E-state index contributed by atoms with van der Waals surface area (Å²) >= 11 is 0. The van der Waals surface area contributed by atoms with Gasteiger partial charge in [-0.25, -0.2) is 4.68 Å². The minimum atomic E-state index is 0. The van der Waals surface area contributed by atoms with Gasteiger partial charge in [0.05, 0.1) is 17.4 Å². The van der Waals surface area contributed by atoms with Crippen LogP contribution in [0.1, 0.15) is 23.7 Å². The van der Waals surface area contributed by atoms with E-state index in [1.807, 2.05) is 35.2 Å². The molecule has 1 aliphatic rings. The van der Waals surface area contributed by atoms with Gasteiger partial charge in [0.15, 0.2) is 0 Å². The van der Waals surface area contributed by atoms with Crippen LogP contribution in [0.15, 0.2) is 42.7 Å². The van der Waals surface area contributed by atoms with Crippen molar-refractivity contribution in [3.63, 3.8) is 0 Å². The number of halogens is 1. The number of aromatic nitrogens is 2. The number of carbonyl (C=O) groups is 1. The topological polar surface area (TPSA) is 64.2 Å². The number of hydrogen-bond acceptors (Lipinski definition) is 3. The third-order valence-corrected chi connectivity index (χ3v) is 4.19. The van der Waals surface area contributed by atoms with Crippen LogP contribution in [0.25, 0.3) is 5.69 Å². The van der Waals surface area contributed by atoms with Gasteiger partial charge >= 0.3 is 0 Å². The quantitative estimate of drug-likeness (QED) is 0.942. The van der Waals surface area contributed by atoms with E-state index in [-0.39, 0.29) is 23.7 Å². The highest BCUT2D eigenvalue weighted by Gasteiger charge is 2.35. The van der Waals surface area contributed by atoms with Crippen LogP contribution in [0.2, 0.25) is 0 Å². The number of nitrogens with two attached hydrogens (primary N) is 1. The summed E-state index contributed by atoms with van der Waals surface area (Å²) in [5, 5.41) is 4.28. The van der Waals surface area contributed by atoms with Crippen LogP contribution in [-0.4, -0.2) is 40.2 Å². The fraction of sp³-hybridized carbons (Fsp3) is 0.375. The molecule has 1 aromatic heterocycles. The lowest BCUT2D eigenvalue weighted by Gasteiger charge is -2.22. The second-order valence-corrected chi connectivity index (χ2v) is 6.00. The van der Waals surface area contributed by atoms with Crippen LogP contribution in [0.4, 0.5) is 0 Å². The third kappa shape index (κ3) is 3.15. The van der Waals surface area contributed by atoms with Crippen LogP contribution in [0.3, 0.4) is 0 Å².